The maximum absolute atomic E-state index is 12.2. The molecule has 2 rings (SSSR count). The Morgan fingerprint density at radius 3 is 2.83 bits per heavy atom. The lowest BCUT2D eigenvalue weighted by Gasteiger charge is -2.34. The van der Waals surface area contributed by atoms with Gasteiger partial charge in [0.05, 0.1) is 6.42 Å². The second kappa shape index (κ2) is 6.76. The van der Waals surface area contributed by atoms with Crippen LogP contribution in [0.5, 0.6) is 0 Å². The molecule has 0 unspecified atom stereocenters. The highest BCUT2D eigenvalue weighted by atomic mass is 35.5. The summed E-state index contributed by atoms with van der Waals surface area (Å²) < 4.78 is 0. The zero-order valence-corrected chi connectivity index (χ0v) is 11.8. The van der Waals surface area contributed by atoms with E-state index < -0.39 is 0 Å². The summed E-state index contributed by atoms with van der Waals surface area (Å²) in [4.78, 5) is 14.2. The minimum atomic E-state index is 0. The second-order valence-electron chi connectivity index (χ2n) is 4.74. The monoisotopic (exact) mass is 268 g/mol. The third-order valence-corrected chi connectivity index (χ3v) is 3.42. The maximum Gasteiger partial charge on any atom is 0.227 e. The third-order valence-electron chi connectivity index (χ3n) is 3.42. The molecule has 0 aliphatic carbocycles. The molecule has 1 aliphatic rings. The van der Waals surface area contributed by atoms with E-state index in [0.717, 1.165) is 25.2 Å². The maximum atomic E-state index is 12.2. The highest BCUT2D eigenvalue weighted by molar-refractivity contribution is 5.85. The summed E-state index contributed by atoms with van der Waals surface area (Å²) >= 11 is 0. The number of aryl methyl sites for hydroxylation is 1. The van der Waals surface area contributed by atoms with Crippen LogP contribution in [0.2, 0.25) is 0 Å². The molecule has 1 fully saturated rings. The van der Waals surface area contributed by atoms with Crippen LogP contribution in [-0.4, -0.2) is 36.5 Å². The average Bonchev–Trinajstić information content (AvgIpc) is 2.32. The first-order valence-electron chi connectivity index (χ1n) is 6.23. The fourth-order valence-corrected chi connectivity index (χ4v) is 2.28. The number of halogens is 1. The van der Waals surface area contributed by atoms with Crippen molar-refractivity contribution in [2.45, 2.75) is 26.3 Å². The Bertz CT molecular complexity index is 409. The molecule has 0 saturated carbocycles. The van der Waals surface area contributed by atoms with Crippen molar-refractivity contribution in [3.8, 4) is 0 Å². The number of carbonyl (C=O) groups is 1. The predicted molar refractivity (Wildman–Crippen MR) is 76.2 cm³/mol. The van der Waals surface area contributed by atoms with E-state index in [4.69, 9.17) is 0 Å². The van der Waals surface area contributed by atoms with Crippen LogP contribution >= 0.6 is 12.4 Å². The molecule has 100 valence electrons. The molecular weight excluding hydrogens is 248 g/mol. The van der Waals surface area contributed by atoms with E-state index in [0.29, 0.717) is 12.5 Å². The van der Waals surface area contributed by atoms with Gasteiger partial charge in [-0.1, -0.05) is 24.3 Å². The normalized spacial score (nSPS) is 19.2. The van der Waals surface area contributed by atoms with Crippen LogP contribution in [0.4, 0.5) is 0 Å². The molecule has 1 atom stereocenters. The molecule has 18 heavy (non-hydrogen) atoms. The Labute approximate surface area is 115 Å². The van der Waals surface area contributed by atoms with Crippen molar-refractivity contribution in [3.05, 3.63) is 35.4 Å². The highest BCUT2D eigenvalue weighted by Crippen LogP contribution is 2.11. The Morgan fingerprint density at radius 1 is 1.44 bits per heavy atom. The van der Waals surface area contributed by atoms with Crippen LogP contribution < -0.4 is 5.32 Å². The fourth-order valence-electron chi connectivity index (χ4n) is 2.28. The van der Waals surface area contributed by atoms with Gasteiger partial charge in [-0.2, -0.15) is 0 Å². The van der Waals surface area contributed by atoms with E-state index in [9.17, 15) is 4.79 Å². The number of amides is 1. The first-order chi connectivity index (χ1) is 8.18. The quantitative estimate of drug-likeness (QED) is 0.887. The van der Waals surface area contributed by atoms with Crippen LogP contribution in [0.3, 0.4) is 0 Å². The summed E-state index contributed by atoms with van der Waals surface area (Å²) in [6.07, 6.45) is 0.525. The van der Waals surface area contributed by atoms with E-state index in [2.05, 4.69) is 25.2 Å². The molecule has 1 aromatic rings. The van der Waals surface area contributed by atoms with E-state index in [-0.39, 0.29) is 18.3 Å². The van der Waals surface area contributed by atoms with E-state index in [1.165, 1.54) is 5.56 Å². The summed E-state index contributed by atoms with van der Waals surface area (Å²) in [6, 6.07) is 8.41. The molecular formula is C14H21ClN2O. The van der Waals surface area contributed by atoms with Gasteiger partial charge in [0.25, 0.3) is 0 Å². The summed E-state index contributed by atoms with van der Waals surface area (Å²) in [7, 11) is 0. The smallest absolute Gasteiger partial charge is 0.227 e. The van der Waals surface area contributed by atoms with E-state index in [1.54, 1.807) is 0 Å². The Morgan fingerprint density at radius 2 is 2.17 bits per heavy atom. The third kappa shape index (κ3) is 3.47. The summed E-state index contributed by atoms with van der Waals surface area (Å²) in [6.45, 7) is 6.79. The van der Waals surface area contributed by atoms with Crippen LogP contribution in [0.1, 0.15) is 18.1 Å². The number of rotatable bonds is 2. The van der Waals surface area contributed by atoms with Gasteiger partial charge >= 0.3 is 0 Å². The number of hydrogen-bond acceptors (Lipinski definition) is 2. The van der Waals surface area contributed by atoms with Gasteiger partial charge in [-0.15, -0.1) is 12.4 Å². The largest absolute Gasteiger partial charge is 0.337 e. The zero-order chi connectivity index (χ0) is 12.3. The van der Waals surface area contributed by atoms with E-state index in [1.807, 2.05) is 23.1 Å². The van der Waals surface area contributed by atoms with Gasteiger partial charge in [-0.3, -0.25) is 4.79 Å². The predicted octanol–water partition coefficient (Wildman–Crippen LogP) is 1.78. The minimum absolute atomic E-state index is 0. The van der Waals surface area contributed by atoms with Gasteiger partial charge in [0.1, 0.15) is 0 Å². The summed E-state index contributed by atoms with van der Waals surface area (Å²) in [5.41, 5.74) is 2.34. The molecule has 4 heteroatoms. The molecule has 0 spiro atoms. The van der Waals surface area contributed by atoms with Crippen LogP contribution in [-0.2, 0) is 11.2 Å². The molecule has 1 saturated heterocycles. The number of hydrogen-bond donors (Lipinski definition) is 1. The average molecular weight is 269 g/mol. The van der Waals surface area contributed by atoms with Gasteiger partial charge in [-0.25, -0.2) is 0 Å². The van der Waals surface area contributed by atoms with Crippen LogP contribution in [0.25, 0.3) is 0 Å². The number of carbonyl (C=O) groups excluding carboxylic acids is 1. The molecule has 0 radical (unpaired) electrons. The van der Waals surface area contributed by atoms with Crippen molar-refractivity contribution in [2.75, 3.05) is 19.6 Å². The van der Waals surface area contributed by atoms with Gasteiger partial charge in [-0.05, 0) is 25.0 Å². The lowest BCUT2D eigenvalue weighted by atomic mass is 10.0. The number of nitrogens with zero attached hydrogens (tertiary/aromatic N) is 1. The number of piperazine rings is 1. The van der Waals surface area contributed by atoms with Crippen molar-refractivity contribution >= 4 is 18.3 Å². The first kappa shape index (κ1) is 15.0. The molecule has 3 nitrogen and oxygen atoms in total. The SMILES string of the molecule is Cc1ccccc1CC(=O)N1CCNC[C@H]1C.Cl. The van der Waals surface area contributed by atoms with Crippen molar-refractivity contribution < 1.29 is 4.79 Å². The van der Waals surface area contributed by atoms with Crippen LogP contribution in [0, 0.1) is 6.92 Å². The van der Waals surface area contributed by atoms with Gasteiger partial charge < -0.3 is 10.2 Å². The molecule has 0 aromatic heterocycles. The van der Waals surface area contributed by atoms with Crippen molar-refractivity contribution in [1.29, 1.82) is 0 Å². The molecule has 1 N–H and O–H groups in total. The van der Waals surface area contributed by atoms with E-state index >= 15 is 0 Å². The Hall–Kier alpha value is -1.06. The zero-order valence-electron chi connectivity index (χ0n) is 11.0. The minimum Gasteiger partial charge on any atom is -0.337 e. The Balaban J connectivity index is 0.00000162. The molecule has 1 aromatic carbocycles. The first-order valence-corrected chi connectivity index (χ1v) is 6.23. The topological polar surface area (TPSA) is 32.3 Å². The number of nitrogens with one attached hydrogen (secondary N) is 1. The summed E-state index contributed by atoms with van der Waals surface area (Å²) in [5.74, 6) is 0.244. The molecule has 1 aliphatic heterocycles. The number of benzene rings is 1. The standard InChI is InChI=1S/C14H20N2O.ClH/c1-11-5-3-4-6-13(11)9-14(17)16-8-7-15-10-12(16)2;/h3-6,12,15H,7-10H2,1-2H3;1H/t12-;/m1./s1. The highest BCUT2D eigenvalue weighted by Gasteiger charge is 2.22. The van der Waals surface area contributed by atoms with Gasteiger partial charge in [0, 0.05) is 25.7 Å². The van der Waals surface area contributed by atoms with Crippen molar-refractivity contribution in [1.82, 2.24) is 10.2 Å². The lowest BCUT2D eigenvalue weighted by Crippen LogP contribution is -2.52. The molecule has 1 heterocycles. The Kier molecular flexibility index (Phi) is 5.63. The van der Waals surface area contributed by atoms with Crippen molar-refractivity contribution in [3.63, 3.8) is 0 Å². The summed E-state index contributed by atoms with van der Waals surface area (Å²) in [5, 5.41) is 3.30. The van der Waals surface area contributed by atoms with Crippen LogP contribution in [0.15, 0.2) is 24.3 Å². The molecule has 0 bridgehead atoms. The van der Waals surface area contributed by atoms with Gasteiger partial charge in [0.15, 0.2) is 0 Å². The lowest BCUT2D eigenvalue weighted by molar-refractivity contribution is -0.133. The van der Waals surface area contributed by atoms with Gasteiger partial charge in [0.2, 0.25) is 5.91 Å². The van der Waals surface area contributed by atoms with Crippen molar-refractivity contribution in [2.24, 2.45) is 0 Å². The fraction of sp³-hybridized carbons (Fsp3) is 0.500. The second-order valence-corrected chi connectivity index (χ2v) is 4.74. The molecule has 1 amide bonds.